The third kappa shape index (κ3) is 4.94. The van der Waals surface area contributed by atoms with Gasteiger partial charge in [0, 0.05) is 16.7 Å². The molecule has 1 amide bonds. The van der Waals surface area contributed by atoms with Crippen LogP contribution >= 0.6 is 11.3 Å². The maximum atomic E-state index is 13.6. The van der Waals surface area contributed by atoms with Crippen molar-refractivity contribution in [3.8, 4) is 5.75 Å². The lowest BCUT2D eigenvalue weighted by atomic mass is 10.1. The molecule has 0 aliphatic carbocycles. The van der Waals surface area contributed by atoms with Crippen LogP contribution < -0.4 is 21.3 Å². The topological polar surface area (TPSA) is 113 Å². The summed E-state index contributed by atoms with van der Waals surface area (Å²) in [5.74, 6) is 0.911. The van der Waals surface area contributed by atoms with Gasteiger partial charge in [0.25, 0.3) is 11.5 Å². The zero-order valence-electron chi connectivity index (χ0n) is 20.4. The Morgan fingerprint density at radius 3 is 2.58 bits per heavy atom. The van der Waals surface area contributed by atoms with E-state index in [-0.39, 0.29) is 31.1 Å². The molecule has 5 rings (SSSR count). The van der Waals surface area contributed by atoms with Crippen LogP contribution in [0.25, 0.3) is 10.2 Å². The molecule has 0 atom stereocenters. The number of carbonyl (C=O) groups is 2. The number of thiophene rings is 1. The Balaban J connectivity index is 1.44. The summed E-state index contributed by atoms with van der Waals surface area (Å²) >= 11 is 1.26. The molecule has 0 aliphatic rings. The second kappa shape index (κ2) is 10.7. The van der Waals surface area contributed by atoms with Gasteiger partial charge in [-0.25, -0.2) is 4.79 Å². The molecule has 2 aromatic carbocycles. The average molecular weight is 530 g/mol. The molecule has 0 radical (unpaired) electrons. The first kappa shape index (κ1) is 25.0. The number of nitrogens with one attached hydrogen (secondary N) is 1. The molecule has 0 fully saturated rings. The van der Waals surface area contributed by atoms with Crippen molar-refractivity contribution >= 4 is 33.7 Å². The van der Waals surface area contributed by atoms with Gasteiger partial charge in [0.1, 0.15) is 22.5 Å². The van der Waals surface area contributed by atoms with Gasteiger partial charge < -0.3 is 14.5 Å². The van der Waals surface area contributed by atoms with Crippen molar-refractivity contribution in [3.63, 3.8) is 0 Å². The number of amides is 1. The minimum absolute atomic E-state index is 0.0330. The molecule has 38 heavy (non-hydrogen) atoms. The van der Waals surface area contributed by atoms with Gasteiger partial charge in [-0.2, -0.15) is 0 Å². The third-order valence-corrected chi connectivity index (χ3v) is 7.06. The zero-order valence-corrected chi connectivity index (χ0v) is 21.2. The van der Waals surface area contributed by atoms with Crippen LogP contribution in [0.1, 0.15) is 37.6 Å². The highest BCUT2D eigenvalue weighted by molar-refractivity contribution is 7.17. The van der Waals surface area contributed by atoms with Gasteiger partial charge in [0.15, 0.2) is 0 Å². The standard InChI is InChI=1S/C28H23N3O6S/c1-36-24-9-6-19(17-32)13-21(24)16-30-23-10-12-38-25(23)27(34)31(28(30)35)15-18-4-7-20(8-5-18)26(33)29-14-22-3-2-11-37-22/h2-13,17H,14-16H2,1H3,(H,29,33). The second-order valence-corrected chi connectivity index (χ2v) is 9.46. The van der Waals surface area contributed by atoms with Crippen LogP contribution in [0.5, 0.6) is 5.75 Å². The fourth-order valence-corrected chi connectivity index (χ4v) is 5.06. The Bertz CT molecular complexity index is 1730. The van der Waals surface area contributed by atoms with Gasteiger partial charge in [-0.15, -0.1) is 11.3 Å². The highest BCUT2D eigenvalue weighted by Crippen LogP contribution is 2.23. The minimum Gasteiger partial charge on any atom is -0.496 e. The number of benzene rings is 2. The largest absolute Gasteiger partial charge is 0.496 e. The quantitative estimate of drug-likeness (QED) is 0.292. The molecule has 10 heteroatoms. The number of aromatic nitrogens is 2. The van der Waals surface area contributed by atoms with E-state index in [9.17, 15) is 19.2 Å². The van der Waals surface area contributed by atoms with Crippen molar-refractivity contribution in [2.45, 2.75) is 19.6 Å². The highest BCUT2D eigenvalue weighted by Gasteiger charge is 2.17. The van der Waals surface area contributed by atoms with E-state index in [1.54, 1.807) is 72.3 Å². The van der Waals surface area contributed by atoms with Crippen LogP contribution in [0.3, 0.4) is 0 Å². The van der Waals surface area contributed by atoms with Crippen LogP contribution in [0.15, 0.2) is 86.3 Å². The minimum atomic E-state index is -0.486. The first-order chi connectivity index (χ1) is 18.5. The maximum absolute atomic E-state index is 13.6. The molecule has 3 heterocycles. The Kier molecular flexibility index (Phi) is 7.05. The second-order valence-electron chi connectivity index (χ2n) is 8.54. The Morgan fingerprint density at radius 1 is 1.05 bits per heavy atom. The van der Waals surface area contributed by atoms with Gasteiger partial charge in [0.2, 0.25) is 0 Å². The lowest BCUT2D eigenvalue weighted by Gasteiger charge is -2.15. The molecule has 1 N–H and O–H groups in total. The number of nitrogens with zero attached hydrogens (tertiary/aromatic N) is 2. The zero-order chi connectivity index (χ0) is 26.6. The van der Waals surface area contributed by atoms with E-state index < -0.39 is 5.69 Å². The van der Waals surface area contributed by atoms with Gasteiger partial charge >= 0.3 is 5.69 Å². The van der Waals surface area contributed by atoms with Gasteiger partial charge in [-0.3, -0.25) is 23.5 Å². The number of ether oxygens (including phenoxy) is 1. The molecule has 0 spiro atoms. The Hall–Kier alpha value is -4.70. The number of fused-ring (bicyclic) bond motifs is 1. The van der Waals surface area contributed by atoms with Crippen molar-refractivity contribution < 1.29 is 18.7 Å². The smallest absolute Gasteiger partial charge is 0.332 e. The fourth-order valence-electron chi connectivity index (χ4n) is 4.22. The monoisotopic (exact) mass is 529 g/mol. The summed E-state index contributed by atoms with van der Waals surface area (Å²) in [6.45, 7) is 0.418. The van der Waals surface area contributed by atoms with Crippen molar-refractivity contribution in [2.75, 3.05) is 7.11 Å². The SMILES string of the molecule is COc1ccc(C=O)cc1Cn1c(=O)n(Cc2ccc(C(=O)NCc3ccco3)cc2)c(=O)c2sccc21. The maximum Gasteiger partial charge on any atom is 0.332 e. The number of methoxy groups -OCH3 is 1. The van der Waals surface area contributed by atoms with E-state index in [2.05, 4.69) is 5.32 Å². The van der Waals surface area contributed by atoms with Crippen molar-refractivity contribution in [1.82, 2.24) is 14.5 Å². The van der Waals surface area contributed by atoms with Gasteiger partial charge in [0.05, 0.1) is 38.5 Å². The summed E-state index contributed by atoms with van der Waals surface area (Å²) in [6, 6.07) is 17.0. The molecule has 9 nitrogen and oxygen atoms in total. The number of furan rings is 1. The van der Waals surface area contributed by atoms with Crippen molar-refractivity contribution in [2.24, 2.45) is 0 Å². The Labute approximate surface area is 220 Å². The summed E-state index contributed by atoms with van der Waals surface area (Å²) in [7, 11) is 1.52. The van der Waals surface area contributed by atoms with E-state index in [1.165, 1.54) is 27.6 Å². The molecule has 0 unspecified atom stereocenters. The first-order valence-corrected chi connectivity index (χ1v) is 12.6. The van der Waals surface area contributed by atoms with Crippen molar-refractivity contribution in [3.05, 3.63) is 121 Å². The average Bonchev–Trinajstić information content (AvgIpc) is 3.65. The summed E-state index contributed by atoms with van der Waals surface area (Å²) < 4.78 is 13.8. The summed E-state index contributed by atoms with van der Waals surface area (Å²) in [5, 5.41) is 4.55. The van der Waals surface area contributed by atoms with Crippen LogP contribution in [-0.4, -0.2) is 28.4 Å². The van der Waals surface area contributed by atoms with Crippen LogP contribution in [0.4, 0.5) is 0 Å². The van der Waals surface area contributed by atoms with E-state index in [0.29, 0.717) is 44.0 Å². The molecular weight excluding hydrogens is 506 g/mol. The fraction of sp³-hybridized carbons (Fsp3) is 0.143. The number of rotatable bonds is 9. The number of carbonyl (C=O) groups excluding carboxylic acids is 2. The lowest BCUT2D eigenvalue weighted by molar-refractivity contribution is 0.0947. The van der Waals surface area contributed by atoms with E-state index in [1.807, 2.05) is 0 Å². The van der Waals surface area contributed by atoms with Crippen LogP contribution in [0, 0.1) is 0 Å². The molecule has 0 aliphatic heterocycles. The van der Waals surface area contributed by atoms with Gasteiger partial charge in [-0.05, 0) is 59.5 Å². The molecule has 3 aromatic heterocycles. The van der Waals surface area contributed by atoms with Crippen molar-refractivity contribution in [1.29, 1.82) is 0 Å². The van der Waals surface area contributed by atoms with Crippen LogP contribution in [0.2, 0.25) is 0 Å². The highest BCUT2D eigenvalue weighted by atomic mass is 32.1. The molecule has 0 saturated heterocycles. The summed E-state index contributed by atoms with van der Waals surface area (Å²) in [5.41, 5.74) is 1.88. The number of aldehydes is 1. The van der Waals surface area contributed by atoms with E-state index >= 15 is 0 Å². The molecule has 0 bridgehead atoms. The Morgan fingerprint density at radius 2 is 1.87 bits per heavy atom. The predicted molar refractivity (Wildman–Crippen MR) is 143 cm³/mol. The third-order valence-electron chi connectivity index (χ3n) is 6.17. The van der Waals surface area contributed by atoms with E-state index in [4.69, 9.17) is 9.15 Å². The van der Waals surface area contributed by atoms with E-state index in [0.717, 1.165) is 6.29 Å². The number of hydrogen-bond acceptors (Lipinski definition) is 7. The molecule has 192 valence electrons. The lowest BCUT2D eigenvalue weighted by Crippen LogP contribution is -2.40. The first-order valence-electron chi connectivity index (χ1n) is 11.7. The van der Waals surface area contributed by atoms with Crippen LogP contribution in [-0.2, 0) is 19.6 Å². The summed E-state index contributed by atoms with van der Waals surface area (Å²) in [4.78, 5) is 50.6. The normalized spacial score (nSPS) is 11.0. The number of hydrogen-bond donors (Lipinski definition) is 1. The predicted octanol–water partition coefficient (Wildman–Crippen LogP) is 3.67. The molecule has 0 saturated carbocycles. The van der Waals surface area contributed by atoms with Gasteiger partial charge in [-0.1, -0.05) is 12.1 Å². The molecule has 5 aromatic rings. The summed E-state index contributed by atoms with van der Waals surface area (Å²) in [6.07, 6.45) is 2.27. The molecular formula is C28H23N3O6S.